The number of aryl methyl sites for hydroxylation is 1. The van der Waals surface area contributed by atoms with Gasteiger partial charge >= 0.3 is 0 Å². The zero-order chi connectivity index (χ0) is 16.4. The van der Waals surface area contributed by atoms with Gasteiger partial charge in [0.15, 0.2) is 0 Å². The fraction of sp³-hybridized carbons (Fsp3) is 0.0588. The fourth-order valence-corrected chi connectivity index (χ4v) is 3.45. The first-order valence-corrected chi connectivity index (χ1v) is 8.84. The third kappa shape index (κ3) is 3.41. The van der Waals surface area contributed by atoms with E-state index in [-0.39, 0.29) is 4.90 Å². The first kappa shape index (κ1) is 15.6. The Kier molecular flexibility index (Phi) is 4.15. The number of halogens is 1. The lowest BCUT2D eigenvalue weighted by Gasteiger charge is -2.13. The lowest BCUT2D eigenvalue weighted by molar-refractivity contribution is 0.601. The number of hydrogen-bond donors (Lipinski definition) is 1. The van der Waals surface area contributed by atoms with Crippen molar-refractivity contribution in [2.45, 2.75) is 11.8 Å². The molecule has 0 fully saturated rings. The highest BCUT2D eigenvalue weighted by Gasteiger charge is 2.15. The minimum absolute atomic E-state index is 0.174. The average Bonchev–Trinajstić information content (AvgIpc) is 3.04. The van der Waals surface area contributed by atoms with Crippen LogP contribution in [-0.4, -0.2) is 13.0 Å². The Labute approximate surface area is 140 Å². The molecule has 1 heterocycles. The lowest BCUT2D eigenvalue weighted by atomic mass is 10.2. The molecule has 0 saturated heterocycles. The summed E-state index contributed by atoms with van der Waals surface area (Å²) in [6, 6.07) is 15.5. The normalized spacial score (nSPS) is 11.4. The summed E-state index contributed by atoms with van der Waals surface area (Å²) in [6.07, 6.45) is 3.81. The van der Waals surface area contributed by atoms with Crippen LogP contribution in [0.4, 0.5) is 5.69 Å². The van der Waals surface area contributed by atoms with Gasteiger partial charge in [0, 0.05) is 23.1 Å². The first-order valence-electron chi connectivity index (χ1n) is 6.98. The number of rotatable bonds is 4. The maximum absolute atomic E-state index is 12.5. The molecule has 0 unspecified atom stereocenters. The van der Waals surface area contributed by atoms with Gasteiger partial charge in [-0.05, 0) is 61.0 Å². The Bertz CT molecular complexity index is 918. The third-order valence-electron chi connectivity index (χ3n) is 3.49. The molecule has 0 atom stereocenters. The summed E-state index contributed by atoms with van der Waals surface area (Å²) in [7, 11) is -3.66. The highest BCUT2D eigenvalue weighted by Crippen LogP contribution is 2.23. The van der Waals surface area contributed by atoms with Crippen LogP contribution in [0.3, 0.4) is 0 Å². The van der Waals surface area contributed by atoms with Crippen LogP contribution in [0.2, 0.25) is 5.02 Å². The van der Waals surface area contributed by atoms with E-state index >= 15 is 0 Å². The van der Waals surface area contributed by atoms with E-state index in [0.29, 0.717) is 10.7 Å². The number of hydrogen-bond acceptors (Lipinski definition) is 2. The van der Waals surface area contributed by atoms with Crippen LogP contribution >= 0.6 is 11.6 Å². The van der Waals surface area contributed by atoms with Crippen LogP contribution in [0, 0.1) is 6.92 Å². The Morgan fingerprint density at radius 3 is 2.30 bits per heavy atom. The van der Waals surface area contributed by atoms with Gasteiger partial charge in [0.25, 0.3) is 10.0 Å². The molecule has 0 aliphatic heterocycles. The highest BCUT2D eigenvalue weighted by atomic mass is 35.5. The number of nitrogens with zero attached hydrogens (tertiary/aromatic N) is 1. The predicted molar refractivity (Wildman–Crippen MR) is 92.8 cm³/mol. The van der Waals surface area contributed by atoms with Crippen molar-refractivity contribution in [3.05, 3.63) is 77.6 Å². The Morgan fingerprint density at radius 1 is 1.00 bits per heavy atom. The van der Waals surface area contributed by atoms with E-state index < -0.39 is 10.0 Å². The van der Waals surface area contributed by atoms with E-state index in [4.69, 9.17) is 11.6 Å². The van der Waals surface area contributed by atoms with Crippen molar-refractivity contribution in [3.8, 4) is 5.69 Å². The third-order valence-corrected chi connectivity index (χ3v) is 5.13. The van der Waals surface area contributed by atoms with E-state index in [1.807, 2.05) is 54.2 Å². The molecule has 1 N–H and O–H groups in total. The van der Waals surface area contributed by atoms with E-state index in [0.717, 1.165) is 11.3 Å². The van der Waals surface area contributed by atoms with Gasteiger partial charge in [-0.25, -0.2) is 8.42 Å². The number of sulfonamides is 1. The molecule has 118 valence electrons. The molecule has 3 rings (SSSR count). The monoisotopic (exact) mass is 346 g/mol. The summed E-state index contributed by atoms with van der Waals surface area (Å²) >= 11 is 5.81. The van der Waals surface area contributed by atoms with E-state index in [1.54, 1.807) is 12.1 Å². The van der Waals surface area contributed by atoms with Gasteiger partial charge in [0.1, 0.15) is 0 Å². The van der Waals surface area contributed by atoms with E-state index in [2.05, 4.69) is 4.72 Å². The molecule has 23 heavy (non-hydrogen) atoms. The van der Waals surface area contributed by atoms with Gasteiger partial charge in [-0.3, -0.25) is 4.72 Å². The molecule has 1 aromatic heterocycles. The molecule has 6 heteroatoms. The van der Waals surface area contributed by atoms with Gasteiger partial charge in [0.05, 0.1) is 10.6 Å². The molecule has 0 aliphatic rings. The standard InChI is InChI=1S/C17H15ClN2O2S/c1-13-4-7-15(20-10-2-3-11-20)12-17(13)19-23(21,22)16-8-5-14(18)6-9-16/h2-12,19H,1H3. The first-order chi connectivity index (χ1) is 11.0. The largest absolute Gasteiger partial charge is 0.324 e. The molecular weight excluding hydrogens is 332 g/mol. The average molecular weight is 347 g/mol. The Morgan fingerprint density at radius 2 is 1.65 bits per heavy atom. The van der Waals surface area contributed by atoms with E-state index in [1.165, 1.54) is 12.1 Å². The fourth-order valence-electron chi connectivity index (χ4n) is 2.20. The zero-order valence-corrected chi connectivity index (χ0v) is 14.0. The molecule has 3 aromatic rings. The summed E-state index contributed by atoms with van der Waals surface area (Å²) in [5.74, 6) is 0. The summed E-state index contributed by atoms with van der Waals surface area (Å²) in [5.41, 5.74) is 2.28. The van der Waals surface area contributed by atoms with E-state index in [9.17, 15) is 8.42 Å². The van der Waals surface area contributed by atoms with Crippen LogP contribution in [0.1, 0.15) is 5.56 Å². The Balaban J connectivity index is 1.96. The number of aromatic nitrogens is 1. The van der Waals surface area contributed by atoms with Crippen molar-refractivity contribution in [2.24, 2.45) is 0 Å². The SMILES string of the molecule is Cc1ccc(-n2cccc2)cc1NS(=O)(=O)c1ccc(Cl)cc1. The summed E-state index contributed by atoms with van der Waals surface area (Å²) in [4.78, 5) is 0.174. The topological polar surface area (TPSA) is 51.1 Å². The maximum atomic E-state index is 12.5. The van der Waals surface area contributed by atoms with Gasteiger partial charge in [-0.1, -0.05) is 17.7 Å². The molecular formula is C17H15ClN2O2S. The van der Waals surface area contributed by atoms with Crippen LogP contribution < -0.4 is 4.72 Å². The molecule has 0 amide bonds. The summed E-state index contributed by atoms with van der Waals surface area (Å²) in [6.45, 7) is 1.86. The molecule has 0 radical (unpaired) electrons. The van der Waals surface area contributed by atoms with Gasteiger partial charge in [-0.15, -0.1) is 0 Å². The second-order valence-electron chi connectivity index (χ2n) is 5.15. The molecule has 4 nitrogen and oxygen atoms in total. The van der Waals surface area contributed by atoms with Gasteiger partial charge in [0.2, 0.25) is 0 Å². The number of nitrogens with one attached hydrogen (secondary N) is 1. The van der Waals surface area contributed by atoms with Crippen molar-refractivity contribution in [1.82, 2.24) is 4.57 Å². The predicted octanol–water partition coefficient (Wildman–Crippen LogP) is 4.24. The second kappa shape index (κ2) is 6.10. The molecule has 0 aliphatic carbocycles. The maximum Gasteiger partial charge on any atom is 0.261 e. The van der Waals surface area contributed by atoms with Crippen LogP contribution in [0.5, 0.6) is 0 Å². The van der Waals surface area contributed by atoms with Gasteiger partial charge in [-0.2, -0.15) is 0 Å². The van der Waals surface area contributed by atoms with Crippen LogP contribution in [-0.2, 0) is 10.0 Å². The molecule has 0 saturated carbocycles. The van der Waals surface area contributed by atoms with Crippen LogP contribution in [0.25, 0.3) is 5.69 Å². The van der Waals surface area contributed by atoms with Crippen molar-refractivity contribution < 1.29 is 8.42 Å². The Hall–Kier alpha value is -2.24. The quantitative estimate of drug-likeness (QED) is 0.768. The lowest BCUT2D eigenvalue weighted by Crippen LogP contribution is -2.14. The highest BCUT2D eigenvalue weighted by molar-refractivity contribution is 7.92. The van der Waals surface area contributed by atoms with Gasteiger partial charge < -0.3 is 4.57 Å². The molecule has 2 aromatic carbocycles. The van der Waals surface area contributed by atoms with Crippen molar-refractivity contribution in [1.29, 1.82) is 0 Å². The summed E-state index contributed by atoms with van der Waals surface area (Å²) in [5, 5.41) is 0.495. The minimum Gasteiger partial charge on any atom is -0.324 e. The van der Waals surface area contributed by atoms with Crippen LogP contribution in [0.15, 0.2) is 71.9 Å². The smallest absolute Gasteiger partial charge is 0.261 e. The molecule has 0 spiro atoms. The minimum atomic E-state index is -3.66. The molecule has 0 bridgehead atoms. The summed E-state index contributed by atoms with van der Waals surface area (Å²) < 4.78 is 29.6. The second-order valence-corrected chi connectivity index (χ2v) is 7.27. The van der Waals surface area contributed by atoms with Crippen molar-refractivity contribution >= 4 is 27.3 Å². The zero-order valence-electron chi connectivity index (χ0n) is 12.4. The van der Waals surface area contributed by atoms with Crippen molar-refractivity contribution in [3.63, 3.8) is 0 Å². The number of anilines is 1. The van der Waals surface area contributed by atoms with Crippen molar-refractivity contribution in [2.75, 3.05) is 4.72 Å². The number of benzene rings is 2.